The van der Waals surface area contributed by atoms with Crippen molar-refractivity contribution >= 4 is 11.3 Å². The Labute approximate surface area is 118 Å². The van der Waals surface area contributed by atoms with Crippen molar-refractivity contribution in [3.05, 3.63) is 35.0 Å². The average molecular weight is 279 g/mol. The van der Waals surface area contributed by atoms with E-state index in [4.69, 9.17) is 9.47 Å². The first-order valence-corrected chi connectivity index (χ1v) is 7.88. The van der Waals surface area contributed by atoms with E-state index in [1.165, 1.54) is 5.56 Å². The molecule has 1 aromatic heterocycles. The molecule has 0 amide bonds. The molecule has 3 nitrogen and oxygen atoms in total. The van der Waals surface area contributed by atoms with Crippen LogP contribution >= 0.6 is 11.3 Å². The summed E-state index contributed by atoms with van der Waals surface area (Å²) in [7, 11) is 0. The van der Waals surface area contributed by atoms with E-state index in [1.807, 2.05) is 6.08 Å². The summed E-state index contributed by atoms with van der Waals surface area (Å²) in [4.78, 5) is 2.61. The summed E-state index contributed by atoms with van der Waals surface area (Å²) in [6.07, 6.45) is 4.36. The molecule has 1 aromatic rings. The maximum atomic E-state index is 5.85. The first-order chi connectivity index (χ1) is 9.36. The van der Waals surface area contributed by atoms with Gasteiger partial charge >= 0.3 is 0 Å². The summed E-state index contributed by atoms with van der Waals surface area (Å²) in [5.41, 5.74) is 1.42. The number of piperidine rings is 1. The number of nitrogens with zero attached hydrogens (tertiary/aromatic N) is 1. The van der Waals surface area contributed by atoms with Crippen molar-refractivity contribution in [2.45, 2.75) is 37.6 Å². The molecule has 0 radical (unpaired) electrons. The van der Waals surface area contributed by atoms with Crippen molar-refractivity contribution < 1.29 is 9.47 Å². The van der Waals surface area contributed by atoms with Gasteiger partial charge in [-0.05, 0) is 35.2 Å². The van der Waals surface area contributed by atoms with Crippen molar-refractivity contribution in [3.8, 4) is 0 Å². The molecule has 4 heteroatoms. The second-order valence-corrected chi connectivity index (χ2v) is 6.14. The molecule has 2 unspecified atom stereocenters. The lowest BCUT2D eigenvalue weighted by Crippen LogP contribution is -2.57. The van der Waals surface area contributed by atoms with Gasteiger partial charge in [0.2, 0.25) is 0 Å². The summed E-state index contributed by atoms with van der Waals surface area (Å²) in [5, 5.41) is 4.40. The molecule has 2 aliphatic rings. The second kappa shape index (κ2) is 6.18. The molecule has 2 aliphatic heterocycles. The Bertz CT molecular complexity index is 392. The minimum Gasteiger partial charge on any atom is -0.378 e. The Morgan fingerprint density at radius 1 is 1.42 bits per heavy atom. The van der Waals surface area contributed by atoms with Gasteiger partial charge in [0, 0.05) is 18.6 Å². The van der Waals surface area contributed by atoms with Crippen LogP contribution in [0.25, 0.3) is 0 Å². The fraction of sp³-hybridized carbons (Fsp3) is 0.600. The molecule has 104 valence electrons. The van der Waals surface area contributed by atoms with Crippen LogP contribution in [0.3, 0.4) is 0 Å². The first-order valence-electron chi connectivity index (χ1n) is 6.94. The molecule has 0 N–H and O–H groups in total. The number of rotatable bonds is 5. The van der Waals surface area contributed by atoms with Gasteiger partial charge in [0.25, 0.3) is 0 Å². The van der Waals surface area contributed by atoms with Gasteiger partial charge in [-0.25, -0.2) is 0 Å². The highest BCUT2D eigenvalue weighted by atomic mass is 32.1. The van der Waals surface area contributed by atoms with Gasteiger partial charge < -0.3 is 9.47 Å². The van der Waals surface area contributed by atoms with Crippen molar-refractivity contribution in [2.75, 3.05) is 19.8 Å². The zero-order chi connectivity index (χ0) is 13.1. The minimum atomic E-state index is 0.371. The lowest BCUT2D eigenvalue weighted by atomic mass is 9.91. The van der Waals surface area contributed by atoms with Crippen LogP contribution in [-0.4, -0.2) is 42.9 Å². The smallest absolute Gasteiger partial charge is 0.0648 e. The molecule has 2 fully saturated rings. The van der Waals surface area contributed by atoms with Crippen LogP contribution < -0.4 is 0 Å². The Hall–Kier alpha value is -0.680. The molecule has 0 aromatic carbocycles. The Morgan fingerprint density at radius 2 is 2.21 bits per heavy atom. The lowest BCUT2D eigenvalue weighted by Gasteiger charge is -2.48. The summed E-state index contributed by atoms with van der Waals surface area (Å²) in [6.45, 7) is 7.12. The molecule has 3 heterocycles. The predicted molar refractivity (Wildman–Crippen MR) is 77.4 cm³/mol. The van der Waals surface area contributed by atoms with Crippen LogP contribution in [0.1, 0.15) is 18.4 Å². The van der Waals surface area contributed by atoms with E-state index in [1.54, 1.807) is 11.3 Å². The normalized spacial score (nSPS) is 31.3. The number of fused-ring (bicyclic) bond motifs is 2. The van der Waals surface area contributed by atoms with E-state index in [0.29, 0.717) is 24.8 Å². The summed E-state index contributed by atoms with van der Waals surface area (Å²) in [5.74, 6) is 0. The Balaban J connectivity index is 1.64. The molecule has 2 bridgehead atoms. The monoisotopic (exact) mass is 279 g/mol. The molecule has 0 spiro atoms. The average Bonchev–Trinajstić information content (AvgIpc) is 2.89. The highest BCUT2D eigenvalue weighted by molar-refractivity contribution is 7.07. The van der Waals surface area contributed by atoms with Crippen molar-refractivity contribution in [1.82, 2.24) is 4.90 Å². The minimum absolute atomic E-state index is 0.371. The SMILES string of the molecule is C=CCOC1CC2COCC(C1)N2Cc1ccsc1. The third-order valence-electron chi connectivity index (χ3n) is 4.02. The van der Waals surface area contributed by atoms with Gasteiger partial charge in [-0.2, -0.15) is 11.3 Å². The summed E-state index contributed by atoms with van der Waals surface area (Å²) < 4.78 is 11.6. The third-order valence-corrected chi connectivity index (χ3v) is 4.76. The summed E-state index contributed by atoms with van der Waals surface area (Å²) >= 11 is 1.77. The van der Waals surface area contributed by atoms with Gasteiger partial charge in [0.1, 0.15) is 0 Å². The van der Waals surface area contributed by atoms with E-state index in [0.717, 1.165) is 32.6 Å². The van der Waals surface area contributed by atoms with E-state index in [9.17, 15) is 0 Å². The third kappa shape index (κ3) is 3.08. The number of hydrogen-bond acceptors (Lipinski definition) is 4. The van der Waals surface area contributed by atoms with Crippen LogP contribution in [0.2, 0.25) is 0 Å². The van der Waals surface area contributed by atoms with Crippen molar-refractivity contribution in [2.24, 2.45) is 0 Å². The molecule has 0 saturated carbocycles. The number of ether oxygens (including phenoxy) is 2. The second-order valence-electron chi connectivity index (χ2n) is 5.36. The predicted octanol–water partition coefficient (Wildman–Crippen LogP) is 2.68. The van der Waals surface area contributed by atoms with Gasteiger partial charge in [0.15, 0.2) is 0 Å². The standard InChI is InChI=1S/C15H21NO2S/c1-2-4-18-15-6-13-9-17-10-14(7-15)16(13)8-12-3-5-19-11-12/h2-3,5,11,13-15H,1,4,6-10H2. The lowest BCUT2D eigenvalue weighted by molar-refractivity contribution is -0.119. The van der Waals surface area contributed by atoms with Crippen LogP contribution in [0.5, 0.6) is 0 Å². The maximum absolute atomic E-state index is 5.85. The van der Waals surface area contributed by atoms with Gasteiger partial charge in [-0.3, -0.25) is 4.90 Å². The largest absolute Gasteiger partial charge is 0.378 e. The van der Waals surface area contributed by atoms with Crippen LogP contribution in [0.4, 0.5) is 0 Å². The summed E-state index contributed by atoms with van der Waals surface area (Å²) in [6, 6.07) is 3.23. The molecule has 0 aliphatic carbocycles. The Kier molecular flexibility index (Phi) is 4.33. The van der Waals surface area contributed by atoms with Gasteiger partial charge in [-0.15, -0.1) is 6.58 Å². The van der Waals surface area contributed by atoms with E-state index in [-0.39, 0.29) is 0 Å². The van der Waals surface area contributed by atoms with Crippen LogP contribution in [-0.2, 0) is 16.0 Å². The number of thiophene rings is 1. The zero-order valence-electron chi connectivity index (χ0n) is 11.2. The van der Waals surface area contributed by atoms with E-state index >= 15 is 0 Å². The number of morpholine rings is 1. The maximum Gasteiger partial charge on any atom is 0.0648 e. The van der Waals surface area contributed by atoms with Crippen LogP contribution in [0.15, 0.2) is 29.5 Å². The van der Waals surface area contributed by atoms with Crippen molar-refractivity contribution in [1.29, 1.82) is 0 Å². The fourth-order valence-electron chi connectivity index (χ4n) is 3.13. The van der Waals surface area contributed by atoms with Crippen LogP contribution in [0, 0.1) is 0 Å². The number of hydrogen-bond donors (Lipinski definition) is 0. The molecule has 19 heavy (non-hydrogen) atoms. The molecule has 2 atom stereocenters. The van der Waals surface area contributed by atoms with Gasteiger partial charge in [0.05, 0.1) is 25.9 Å². The molecular formula is C15H21NO2S. The quantitative estimate of drug-likeness (QED) is 0.774. The zero-order valence-corrected chi connectivity index (χ0v) is 12.0. The Morgan fingerprint density at radius 3 is 2.84 bits per heavy atom. The van der Waals surface area contributed by atoms with Gasteiger partial charge in [-0.1, -0.05) is 6.08 Å². The fourth-order valence-corrected chi connectivity index (χ4v) is 3.79. The van der Waals surface area contributed by atoms with E-state index in [2.05, 4.69) is 28.3 Å². The topological polar surface area (TPSA) is 21.7 Å². The molecule has 3 rings (SSSR count). The van der Waals surface area contributed by atoms with E-state index < -0.39 is 0 Å². The highest BCUT2D eigenvalue weighted by Crippen LogP contribution is 2.31. The first kappa shape index (κ1) is 13.3. The molecular weight excluding hydrogens is 258 g/mol. The van der Waals surface area contributed by atoms with Crippen molar-refractivity contribution in [3.63, 3.8) is 0 Å². The molecule has 2 saturated heterocycles. The highest BCUT2D eigenvalue weighted by Gasteiger charge is 2.39.